The van der Waals surface area contributed by atoms with E-state index in [0.29, 0.717) is 29.5 Å². The van der Waals surface area contributed by atoms with Gasteiger partial charge in [-0.1, -0.05) is 18.2 Å². The summed E-state index contributed by atoms with van der Waals surface area (Å²) in [7, 11) is 1.51. The van der Waals surface area contributed by atoms with Crippen molar-refractivity contribution in [2.75, 3.05) is 24.4 Å². The minimum Gasteiger partial charge on any atom is -0.495 e. The van der Waals surface area contributed by atoms with E-state index in [1.54, 1.807) is 24.3 Å². The van der Waals surface area contributed by atoms with Gasteiger partial charge in [-0.15, -0.1) is 0 Å². The van der Waals surface area contributed by atoms with Gasteiger partial charge in [0.2, 0.25) is 11.8 Å². The van der Waals surface area contributed by atoms with Crippen molar-refractivity contribution in [3.05, 3.63) is 54.1 Å². The Labute approximate surface area is 152 Å². The van der Waals surface area contributed by atoms with Gasteiger partial charge in [-0.05, 0) is 37.3 Å². The highest BCUT2D eigenvalue weighted by Gasteiger charge is 2.08. The minimum absolute atomic E-state index is 0.195. The van der Waals surface area contributed by atoms with Crippen LogP contribution in [0.5, 0.6) is 11.5 Å². The molecule has 0 aromatic heterocycles. The summed E-state index contributed by atoms with van der Waals surface area (Å²) in [6, 6.07) is 12.5. The number of para-hydroxylation sites is 1. The molecule has 2 amide bonds. The van der Waals surface area contributed by atoms with Crippen LogP contribution < -0.4 is 20.1 Å². The van der Waals surface area contributed by atoms with Crippen molar-refractivity contribution in [2.24, 2.45) is 0 Å². The molecule has 0 heterocycles. The first-order valence-electron chi connectivity index (χ1n) is 8.20. The number of anilines is 2. The highest BCUT2D eigenvalue weighted by molar-refractivity contribution is 6.03. The zero-order valence-corrected chi connectivity index (χ0v) is 15.0. The van der Waals surface area contributed by atoms with Crippen LogP contribution in [0.15, 0.2) is 48.5 Å². The monoisotopic (exact) mass is 354 g/mol. The van der Waals surface area contributed by atoms with E-state index in [4.69, 9.17) is 9.47 Å². The molecule has 0 bridgehead atoms. The number of hydrogen-bond acceptors (Lipinski definition) is 4. The number of benzene rings is 2. The molecule has 0 saturated carbocycles. The van der Waals surface area contributed by atoms with Crippen LogP contribution in [0.1, 0.15) is 19.4 Å². The Morgan fingerprint density at radius 3 is 2.54 bits per heavy atom. The Morgan fingerprint density at radius 1 is 1.08 bits per heavy atom. The Bertz CT molecular complexity index is 815. The molecule has 2 aromatic rings. The van der Waals surface area contributed by atoms with Crippen molar-refractivity contribution in [1.29, 1.82) is 0 Å². The van der Waals surface area contributed by atoms with Gasteiger partial charge in [-0.25, -0.2) is 0 Å². The van der Waals surface area contributed by atoms with Gasteiger partial charge in [0.25, 0.3) is 0 Å². The van der Waals surface area contributed by atoms with Gasteiger partial charge in [0.05, 0.1) is 19.4 Å². The molecule has 0 saturated heterocycles. The molecule has 6 heteroatoms. The summed E-state index contributed by atoms with van der Waals surface area (Å²) < 4.78 is 10.8. The van der Waals surface area contributed by atoms with E-state index in [2.05, 4.69) is 10.6 Å². The number of methoxy groups -OCH3 is 1. The number of carbonyl (C=O) groups excluding carboxylic acids is 2. The maximum Gasteiger partial charge on any atom is 0.248 e. The Kier molecular flexibility index (Phi) is 6.79. The van der Waals surface area contributed by atoms with E-state index in [1.807, 2.05) is 31.2 Å². The second kappa shape index (κ2) is 9.27. The lowest BCUT2D eigenvalue weighted by Gasteiger charge is -2.11. The van der Waals surface area contributed by atoms with Crippen molar-refractivity contribution in [1.82, 2.24) is 0 Å². The van der Waals surface area contributed by atoms with E-state index in [1.165, 1.54) is 20.1 Å². The molecule has 0 fully saturated rings. The summed E-state index contributed by atoms with van der Waals surface area (Å²) in [5.41, 5.74) is 1.84. The fraction of sp³-hybridized carbons (Fsp3) is 0.200. The Morgan fingerprint density at radius 2 is 1.85 bits per heavy atom. The molecular formula is C20H22N2O4. The van der Waals surface area contributed by atoms with Crippen molar-refractivity contribution in [3.8, 4) is 11.5 Å². The third kappa shape index (κ3) is 5.37. The highest BCUT2D eigenvalue weighted by Crippen LogP contribution is 2.28. The summed E-state index contributed by atoms with van der Waals surface area (Å²) in [6.45, 7) is 3.87. The van der Waals surface area contributed by atoms with Gasteiger partial charge in [0.1, 0.15) is 11.5 Å². The zero-order valence-electron chi connectivity index (χ0n) is 15.0. The standard InChI is InChI=1S/C20H22N2O4/c1-4-26-18-8-6-5-7-15(18)9-12-20(24)22-17-13-16(21-14(2)23)10-11-19(17)25-3/h5-13H,4H2,1-3H3,(H,21,23)(H,22,24). The maximum absolute atomic E-state index is 12.3. The van der Waals surface area contributed by atoms with Gasteiger partial charge in [0, 0.05) is 24.3 Å². The maximum atomic E-state index is 12.3. The normalized spacial score (nSPS) is 10.4. The first kappa shape index (κ1) is 19.1. The molecule has 2 N–H and O–H groups in total. The lowest BCUT2D eigenvalue weighted by Crippen LogP contribution is -2.11. The molecule has 0 aliphatic heterocycles. The molecule has 0 aliphatic rings. The number of hydrogen-bond donors (Lipinski definition) is 2. The summed E-state index contributed by atoms with van der Waals surface area (Å²) >= 11 is 0. The number of rotatable bonds is 7. The third-order valence-electron chi connectivity index (χ3n) is 3.41. The van der Waals surface area contributed by atoms with Crippen LogP contribution >= 0.6 is 0 Å². The molecule has 26 heavy (non-hydrogen) atoms. The molecule has 2 aromatic carbocycles. The Balaban J connectivity index is 2.15. The van der Waals surface area contributed by atoms with Crippen molar-refractivity contribution < 1.29 is 19.1 Å². The van der Waals surface area contributed by atoms with Crippen LogP contribution in [0.4, 0.5) is 11.4 Å². The molecule has 0 unspecified atom stereocenters. The first-order chi connectivity index (χ1) is 12.5. The van der Waals surface area contributed by atoms with Crippen LogP contribution in [0.2, 0.25) is 0 Å². The largest absolute Gasteiger partial charge is 0.495 e. The molecular weight excluding hydrogens is 332 g/mol. The SMILES string of the molecule is CCOc1ccccc1C=CC(=O)Nc1cc(NC(C)=O)ccc1OC. The number of carbonyl (C=O) groups is 2. The highest BCUT2D eigenvalue weighted by atomic mass is 16.5. The number of nitrogens with one attached hydrogen (secondary N) is 2. The Hall–Kier alpha value is -3.28. The summed E-state index contributed by atoms with van der Waals surface area (Å²) in [4.78, 5) is 23.5. The van der Waals surface area contributed by atoms with Crippen molar-refractivity contribution >= 4 is 29.3 Å². The molecule has 0 atom stereocenters. The third-order valence-corrected chi connectivity index (χ3v) is 3.41. The van der Waals surface area contributed by atoms with Crippen molar-refractivity contribution in [2.45, 2.75) is 13.8 Å². The predicted molar refractivity (Wildman–Crippen MR) is 103 cm³/mol. The van der Waals surface area contributed by atoms with Gasteiger partial charge in [0.15, 0.2) is 0 Å². The molecule has 136 valence electrons. The fourth-order valence-corrected chi connectivity index (χ4v) is 2.33. The van der Waals surface area contributed by atoms with Gasteiger partial charge >= 0.3 is 0 Å². The molecule has 2 rings (SSSR count). The zero-order chi connectivity index (χ0) is 18.9. The second-order valence-corrected chi connectivity index (χ2v) is 5.39. The van der Waals surface area contributed by atoms with Crippen LogP contribution in [0, 0.1) is 0 Å². The smallest absolute Gasteiger partial charge is 0.248 e. The summed E-state index contributed by atoms with van der Waals surface area (Å²) in [6.07, 6.45) is 3.10. The van der Waals surface area contributed by atoms with E-state index in [9.17, 15) is 9.59 Å². The molecule has 0 radical (unpaired) electrons. The first-order valence-corrected chi connectivity index (χ1v) is 8.20. The predicted octanol–water partition coefficient (Wildman–Crippen LogP) is 3.70. The van der Waals surface area contributed by atoms with Crippen LogP contribution in [-0.4, -0.2) is 25.5 Å². The van der Waals surface area contributed by atoms with Crippen LogP contribution in [-0.2, 0) is 9.59 Å². The van der Waals surface area contributed by atoms with E-state index in [-0.39, 0.29) is 11.8 Å². The van der Waals surface area contributed by atoms with Gasteiger partial charge < -0.3 is 20.1 Å². The lowest BCUT2D eigenvalue weighted by atomic mass is 10.2. The number of amides is 2. The number of ether oxygens (including phenoxy) is 2. The summed E-state index contributed by atoms with van der Waals surface area (Å²) in [5, 5.41) is 5.42. The van der Waals surface area contributed by atoms with Crippen LogP contribution in [0.3, 0.4) is 0 Å². The topological polar surface area (TPSA) is 76.7 Å². The van der Waals surface area contributed by atoms with E-state index < -0.39 is 0 Å². The van der Waals surface area contributed by atoms with Crippen molar-refractivity contribution in [3.63, 3.8) is 0 Å². The molecule has 6 nitrogen and oxygen atoms in total. The van der Waals surface area contributed by atoms with Crippen LogP contribution in [0.25, 0.3) is 6.08 Å². The average molecular weight is 354 g/mol. The molecule has 0 aliphatic carbocycles. The van der Waals surface area contributed by atoms with E-state index in [0.717, 1.165) is 5.56 Å². The minimum atomic E-state index is -0.324. The van der Waals surface area contributed by atoms with E-state index >= 15 is 0 Å². The molecule has 0 spiro atoms. The summed E-state index contributed by atoms with van der Waals surface area (Å²) in [5.74, 6) is 0.689. The quantitative estimate of drug-likeness (QED) is 0.743. The van der Waals surface area contributed by atoms with Gasteiger partial charge in [-0.3, -0.25) is 9.59 Å². The fourth-order valence-electron chi connectivity index (χ4n) is 2.33. The second-order valence-electron chi connectivity index (χ2n) is 5.39. The lowest BCUT2D eigenvalue weighted by molar-refractivity contribution is -0.114. The average Bonchev–Trinajstić information content (AvgIpc) is 2.61. The van der Waals surface area contributed by atoms with Gasteiger partial charge in [-0.2, -0.15) is 0 Å².